The number of nitrogen functional groups attached to an aromatic ring is 1. The number of thiophene rings is 1. The van der Waals surface area contributed by atoms with Gasteiger partial charge in [-0.05, 0) is 37.6 Å². The Bertz CT molecular complexity index is 628. The third-order valence-electron chi connectivity index (χ3n) is 2.89. The normalized spacial score (nSPS) is 10.4. The van der Waals surface area contributed by atoms with Crippen molar-refractivity contribution < 1.29 is 9.53 Å². The molecule has 0 unspecified atom stereocenters. The van der Waals surface area contributed by atoms with E-state index in [0.29, 0.717) is 30.1 Å². The Morgan fingerprint density at radius 3 is 2.86 bits per heavy atom. The molecular formula is C15H17ClN2O2S. The van der Waals surface area contributed by atoms with Crippen molar-refractivity contribution in [2.75, 3.05) is 24.2 Å². The van der Waals surface area contributed by atoms with Crippen molar-refractivity contribution in [2.24, 2.45) is 0 Å². The van der Waals surface area contributed by atoms with E-state index in [0.717, 1.165) is 10.8 Å². The fourth-order valence-corrected chi connectivity index (χ4v) is 3.03. The number of benzene rings is 1. The van der Waals surface area contributed by atoms with E-state index < -0.39 is 0 Å². The third-order valence-corrected chi connectivity index (χ3v) is 4.18. The van der Waals surface area contributed by atoms with Crippen molar-refractivity contribution >= 4 is 40.3 Å². The molecule has 0 saturated carbocycles. The minimum atomic E-state index is -0.369. The second-order valence-corrected chi connectivity index (χ2v) is 6.17. The minimum Gasteiger partial charge on any atom is -0.462 e. The summed E-state index contributed by atoms with van der Waals surface area (Å²) in [6.45, 7) is 2.77. The van der Waals surface area contributed by atoms with Crippen molar-refractivity contribution in [3.05, 3.63) is 45.1 Å². The summed E-state index contributed by atoms with van der Waals surface area (Å²) in [4.78, 5) is 13.1. The van der Waals surface area contributed by atoms with E-state index in [-0.39, 0.29) is 5.97 Å². The predicted molar refractivity (Wildman–Crippen MR) is 88.3 cm³/mol. The van der Waals surface area contributed by atoms with Gasteiger partial charge in [-0.2, -0.15) is 0 Å². The maximum absolute atomic E-state index is 11.9. The molecule has 0 spiro atoms. The minimum absolute atomic E-state index is 0.334. The zero-order valence-electron chi connectivity index (χ0n) is 11.7. The Balaban J connectivity index is 2.06. The summed E-state index contributed by atoms with van der Waals surface area (Å²) in [6, 6.07) is 9.08. The van der Waals surface area contributed by atoms with Crippen LogP contribution in [0.5, 0.6) is 0 Å². The molecule has 4 nitrogen and oxygen atoms in total. The van der Waals surface area contributed by atoms with Crippen LogP contribution in [0.1, 0.15) is 22.2 Å². The van der Waals surface area contributed by atoms with Gasteiger partial charge in [0.25, 0.3) is 0 Å². The number of ether oxygens (including phenoxy) is 1. The fraction of sp³-hybridized carbons (Fsp3) is 0.267. The number of carbonyl (C=O) groups is 1. The molecule has 3 N–H and O–H groups in total. The molecular weight excluding hydrogens is 308 g/mol. The summed E-state index contributed by atoms with van der Waals surface area (Å²) in [5.41, 5.74) is 7.57. The molecule has 0 bridgehead atoms. The molecule has 1 aromatic carbocycles. The van der Waals surface area contributed by atoms with Gasteiger partial charge in [-0.1, -0.05) is 17.7 Å². The lowest BCUT2D eigenvalue weighted by atomic mass is 10.1. The number of hydrogen-bond acceptors (Lipinski definition) is 5. The first-order chi connectivity index (χ1) is 10.1. The summed E-state index contributed by atoms with van der Waals surface area (Å²) < 4.78 is 5.82. The highest BCUT2D eigenvalue weighted by Crippen LogP contribution is 2.25. The molecule has 2 aromatic rings. The van der Waals surface area contributed by atoms with Crippen molar-refractivity contribution in [3.63, 3.8) is 0 Å². The van der Waals surface area contributed by atoms with Crippen LogP contribution in [0, 0.1) is 0 Å². The summed E-state index contributed by atoms with van der Waals surface area (Å²) in [5, 5.41) is 3.22. The lowest BCUT2D eigenvalue weighted by molar-refractivity contribution is 0.0527. The fourth-order valence-electron chi connectivity index (χ4n) is 1.94. The summed E-state index contributed by atoms with van der Waals surface area (Å²) in [7, 11) is 0. The van der Waals surface area contributed by atoms with Gasteiger partial charge in [-0.3, -0.25) is 0 Å². The number of anilines is 2. The zero-order chi connectivity index (χ0) is 15.2. The van der Waals surface area contributed by atoms with Crippen molar-refractivity contribution in [1.29, 1.82) is 0 Å². The van der Waals surface area contributed by atoms with Gasteiger partial charge in [-0.25, -0.2) is 4.79 Å². The van der Waals surface area contributed by atoms with Gasteiger partial charge in [0.15, 0.2) is 0 Å². The van der Waals surface area contributed by atoms with Crippen LogP contribution in [0.2, 0.25) is 4.34 Å². The van der Waals surface area contributed by atoms with E-state index in [2.05, 4.69) is 5.32 Å². The Kier molecular flexibility index (Phi) is 5.47. The number of rotatable bonds is 6. The van der Waals surface area contributed by atoms with Crippen LogP contribution in [-0.4, -0.2) is 19.1 Å². The number of hydrogen-bond donors (Lipinski definition) is 2. The molecule has 6 heteroatoms. The molecule has 0 radical (unpaired) electrons. The first-order valence-corrected chi connectivity index (χ1v) is 7.85. The largest absolute Gasteiger partial charge is 0.462 e. The molecule has 1 heterocycles. The molecule has 0 aliphatic rings. The van der Waals surface area contributed by atoms with Crippen LogP contribution < -0.4 is 11.1 Å². The van der Waals surface area contributed by atoms with Crippen LogP contribution in [0.25, 0.3) is 0 Å². The van der Waals surface area contributed by atoms with E-state index in [1.54, 1.807) is 36.5 Å². The number of halogens is 1. The lowest BCUT2D eigenvalue weighted by Gasteiger charge is -2.13. The topological polar surface area (TPSA) is 64.3 Å². The average Bonchev–Trinajstić information content (AvgIpc) is 2.86. The highest BCUT2D eigenvalue weighted by molar-refractivity contribution is 7.16. The van der Waals surface area contributed by atoms with Gasteiger partial charge in [0.1, 0.15) is 0 Å². The van der Waals surface area contributed by atoms with Gasteiger partial charge in [0.2, 0.25) is 0 Å². The van der Waals surface area contributed by atoms with Gasteiger partial charge in [0, 0.05) is 11.4 Å². The van der Waals surface area contributed by atoms with E-state index >= 15 is 0 Å². The average molecular weight is 325 g/mol. The van der Waals surface area contributed by atoms with Crippen LogP contribution in [0.15, 0.2) is 30.3 Å². The smallest absolute Gasteiger partial charge is 0.340 e. The van der Waals surface area contributed by atoms with Gasteiger partial charge >= 0.3 is 5.97 Å². The lowest BCUT2D eigenvalue weighted by Crippen LogP contribution is -2.13. The second-order valence-electron chi connectivity index (χ2n) is 4.37. The number of nitrogens with two attached hydrogens (primary N) is 1. The molecule has 21 heavy (non-hydrogen) atoms. The molecule has 0 amide bonds. The van der Waals surface area contributed by atoms with Crippen molar-refractivity contribution in [1.82, 2.24) is 0 Å². The molecule has 0 aliphatic heterocycles. The Labute approximate surface area is 132 Å². The van der Waals surface area contributed by atoms with Crippen LogP contribution >= 0.6 is 22.9 Å². The summed E-state index contributed by atoms with van der Waals surface area (Å²) >= 11 is 7.45. The standard InChI is InChI=1S/C15H17ClN2O2S/c1-2-20-15(19)11-4-3-5-12(17)14(11)18-9-8-10-6-7-13(16)21-10/h3-7,18H,2,8-9,17H2,1H3. The summed E-state index contributed by atoms with van der Waals surface area (Å²) in [5.74, 6) is -0.369. The number of nitrogens with one attached hydrogen (secondary N) is 1. The molecule has 2 rings (SSSR count). The number of esters is 1. The van der Waals surface area contributed by atoms with Crippen LogP contribution in [0.3, 0.4) is 0 Å². The number of carbonyl (C=O) groups excluding carboxylic acids is 1. The second kappa shape index (κ2) is 7.33. The summed E-state index contributed by atoms with van der Waals surface area (Å²) in [6.07, 6.45) is 0.813. The monoisotopic (exact) mass is 324 g/mol. The quantitative estimate of drug-likeness (QED) is 0.626. The van der Waals surface area contributed by atoms with Crippen LogP contribution in [0.4, 0.5) is 11.4 Å². The highest BCUT2D eigenvalue weighted by Gasteiger charge is 2.14. The molecule has 0 fully saturated rings. The van der Waals surface area contributed by atoms with Gasteiger partial charge in [-0.15, -0.1) is 11.3 Å². The SMILES string of the molecule is CCOC(=O)c1cccc(N)c1NCCc1ccc(Cl)s1. The Hall–Kier alpha value is -1.72. The predicted octanol–water partition coefficient (Wildman–Crippen LogP) is 3.82. The van der Waals surface area contributed by atoms with Crippen LogP contribution in [-0.2, 0) is 11.2 Å². The van der Waals surface area contributed by atoms with E-state index in [4.69, 9.17) is 22.1 Å². The van der Waals surface area contributed by atoms with E-state index in [1.807, 2.05) is 12.1 Å². The first kappa shape index (κ1) is 15.7. The van der Waals surface area contributed by atoms with E-state index in [1.165, 1.54) is 4.88 Å². The van der Waals surface area contributed by atoms with Crippen molar-refractivity contribution in [2.45, 2.75) is 13.3 Å². The maximum atomic E-state index is 11.9. The molecule has 1 aromatic heterocycles. The molecule has 0 atom stereocenters. The zero-order valence-corrected chi connectivity index (χ0v) is 13.3. The van der Waals surface area contributed by atoms with Gasteiger partial charge < -0.3 is 15.8 Å². The molecule has 0 saturated heterocycles. The Morgan fingerprint density at radius 1 is 1.38 bits per heavy atom. The van der Waals surface area contributed by atoms with E-state index in [9.17, 15) is 4.79 Å². The third kappa shape index (κ3) is 4.12. The number of para-hydroxylation sites is 1. The van der Waals surface area contributed by atoms with Gasteiger partial charge in [0.05, 0.1) is 27.9 Å². The first-order valence-electron chi connectivity index (χ1n) is 6.65. The molecule has 112 valence electrons. The van der Waals surface area contributed by atoms with Crippen molar-refractivity contribution in [3.8, 4) is 0 Å². The maximum Gasteiger partial charge on any atom is 0.340 e. The Morgan fingerprint density at radius 2 is 2.19 bits per heavy atom. The molecule has 0 aliphatic carbocycles. The highest BCUT2D eigenvalue weighted by atomic mass is 35.5.